The van der Waals surface area contributed by atoms with Gasteiger partial charge in [0.1, 0.15) is 6.33 Å². The van der Waals surface area contributed by atoms with Crippen molar-refractivity contribution >= 4 is 28.9 Å². The quantitative estimate of drug-likeness (QED) is 0.678. The number of nitrogens with one attached hydrogen (secondary N) is 3. The van der Waals surface area contributed by atoms with E-state index in [1.807, 2.05) is 18.2 Å². The van der Waals surface area contributed by atoms with E-state index in [1.54, 1.807) is 36.7 Å². The Bertz CT molecular complexity index is 988. The zero-order chi connectivity index (χ0) is 17.9. The standard InChI is InChI=1S/C19H15N5O2/c25-18(22-10-12-8-20-11-21-9-12)13-5-6-16-17(7-13)24-19(26)14-3-1-2-4-15(14)23-16/h1-9,11,23H,10H2,(H,22,25)(H,24,26). The Morgan fingerprint density at radius 2 is 1.77 bits per heavy atom. The van der Waals surface area contributed by atoms with Gasteiger partial charge in [-0.05, 0) is 30.3 Å². The Balaban J connectivity index is 1.55. The summed E-state index contributed by atoms with van der Waals surface area (Å²) in [5, 5.41) is 8.89. The van der Waals surface area contributed by atoms with Crippen molar-refractivity contribution in [3.05, 3.63) is 77.9 Å². The third-order valence-corrected chi connectivity index (χ3v) is 4.04. The van der Waals surface area contributed by atoms with Gasteiger partial charge >= 0.3 is 0 Å². The van der Waals surface area contributed by atoms with Crippen molar-refractivity contribution in [1.82, 2.24) is 15.3 Å². The van der Waals surface area contributed by atoms with Gasteiger partial charge < -0.3 is 16.0 Å². The zero-order valence-electron chi connectivity index (χ0n) is 13.7. The molecule has 0 atom stereocenters. The summed E-state index contributed by atoms with van der Waals surface area (Å²) in [6.07, 6.45) is 4.73. The number of aromatic nitrogens is 2. The molecule has 7 nitrogen and oxygen atoms in total. The van der Waals surface area contributed by atoms with Gasteiger partial charge in [-0.15, -0.1) is 0 Å². The average Bonchev–Trinajstić information content (AvgIpc) is 2.82. The number of para-hydroxylation sites is 1. The summed E-state index contributed by atoms with van der Waals surface area (Å²) in [4.78, 5) is 32.6. The van der Waals surface area contributed by atoms with Gasteiger partial charge in [0.05, 0.1) is 22.6 Å². The van der Waals surface area contributed by atoms with Crippen molar-refractivity contribution in [2.24, 2.45) is 0 Å². The van der Waals surface area contributed by atoms with Crippen LogP contribution in [0.15, 0.2) is 61.2 Å². The van der Waals surface area contributed by atoms with E-state index in [9.17, 15) is 9.59 Å². The lowest BCUT2D eigenvalue weighted by Gasteiger charge is -2.11. The number of amides is 2. The Hall–Kier alpha value is -3.74. The van der Waals surface area contributed by atoms with Gasteiger partial charge in [0.2, 0.25) is 0 Å². The molecule has 26 heavy (non-hydrogen) atoms. The average molecular weight is 345 g/mol. The first-order valence-corrected chi connectivity index (χ1v) is 8.04. The maximum Gasteiger partial charge on any atom is 0.257 e. The van der Waals surface area contributed by atoms with Crippen LogP contribution in [0.5, 0.6) is 0 Å². The third kappa shape index (κ3) is 3.10. The molecule has 0 aliphatic carbocycles. The monoisotopic (exact) mass is 345 g/mol. The predicted molar refractivity (Wildman–Crippen MR) is 97.3 cm³/mol. The van der Waals surface area contributed by atoms with Gasteiger partial charge in [-0.2, -0.15) is 0 Å². The van der Waals surface area contributed by atoms with Crippen molar-refractivity contribution in [3.8, 4) is 0 Å². The minimum atomic E-state index is -0.243. The van der Waals surface area contributed by atoms with E-state index in [0.717, 1.165) is 16.9 Å². The van der Waals surface area contributed by atoms with Gasteiger partial charge in [0, 0.05) is 30.1 Å². The number of carbonyl (C=O) groups excluding carboxylic acids is 2. The molecule has 3 N–H and O–H groups in total. The lowest BCUT2D eigenvalue weighted by Crippen LogP contribution is -2.23. The van der Waals surface area contributed by atoms with Crippen LogP contribution in [-0.4, -0.2) is 21.8 Å². The molecular formula is C19H15N5O2. The van der Waals surface area contributed by atoms with Crippen molar-refractivity contribution in [2.45, 2.75) is 6.54 Å². The fourth-order valence-electron chi connectivity index (χ4n) is 2.73. The summed E-state index contributed by atoms with van der Waals surface area (Å²) < 4.78 is 0. The summed E-state index contributed by atoms with van der Waals surface area (Å²) in [7, 11) is 0. The van der Waals surface area contributed by atoms with Gasteiger partial charge in [0.25, 0.3) is 11.8 Å². The van der Waals surface area contributed by atoms with Crippen molar-refractivity contribution in [3.63, 3.8) is 0 Å². The summed E-state index contributed by atoms with van der Waals surface area (Å²) in [6.45, 7) is 0.326. The Morgan fingerprint density at radius 3 is 2.62 bits per heavy atom. The van der Waals surface area contributed by atoms with E-state index in [2.05, 4.69) is 25.9 Å². The fraction of sp³-hybridized carbons (Fsp3) is 0.0526. The van der Waals surface area contributed by atoms with E-state index in [4.69, 9.17) is 0 Å². The van der Waals surface area contributed by atoms with Gasteiger partial charge in [0.15, 0.2) is 0 Å². The molecule has 7 heteroatoms. The van der Waals surface area contributed by atoms with E-state index in [0.29, 0.717) is 23.4 Å². The highest BCUT2D eigenvalue weighted by atomic mass is 16.2. The maximum absolute atomic E-state index is 12.4. The number of rotatable bonds is 3. The Labute approximate surface area is 149 Å². The summed E-state index contributed by atoms with van der Waals surface area (Å²) in [6, 6.07) is 12.4. The molecule has 1 aliphatic heterocycles. The molecular weight excluding hydrogens is 330 g/mol. The molecule has 1 aromatic heterocycles. The molecule has 0 bridgehead atoms. The van der Waals surface area contributed by atoms with Gasteiger partial charge in [-0.3, -0.25) is 9.59 Å². The molecule has 2 heterocycles. The highest BCUT2D eigenvalue weighted by Gasteiger charge is 2.19. The van der Waals surface area contributed by atoms with E-state index >= 15 is 0 Å². The van der Waals surface area contributed by atoms with E-state index in [-0.39, 0.29) is 11.8 Å². The number of carbonyl (C=O) groups is 2. The van der Waals surface area contributed by atoms with Crippen LogP contribution in [0.4, 0.5) is 17.1 Å². The molecule has 4 rings (SSSR count). The summed E-state index contributed by atoms with van der Waals surface area (Å²) in [5.74, 6) is -0.460. The van der Waals surface area contributed by atoms with Crippen LogP contribution in [0.3, 0.4) is 0 Å². The molecule has 128 valence electrons. The second-order valence-corrected chi connectivity index (χ2v) is 5.81. The molecule has 3 aromatic rings. The highest BCUT2D eigenvalue weighted by Crippen LogP contribution is 2.32. The second-order valence-electron chi connectivity index (χ2n) is 5.81. The number of nitrogens with zero attached hydrogens (tertiary/aromatic N) is 2. The number of anilines is 3. The van der Waals surface area contributed by atoms with Crippen LogP contribution in [0, 0.1) is 0 Å². The first-order valence-electron chi connectivity index (χ1n) is 8.04. The predicted octanol–water partition coefficient (Wildman–Crippen LogP) is 2.72. The lowest BCUT2D eigenvalue weighted by atomic mass is 10.1. The topological polar surface area (TPSA) is 96.0 Å². The minimum Gasteiger partial charge on any atom is -0.353 e. The minimum absolute atomic E-state index is 0.217. The number of hydrogen-bond acceptors (Lipinski definition) is 5. The van der Waals surface area contributed by atoms with E-state index < -0.39 is 0 Å². The molecule has 2 amide bonds. The Morgan fingerprint density at radius 1 is 0.962 bits per heavy atom. The molecule has 0 spiro atoms. The number of benzene rings is 2. The van der Waals surface area contributed by atoms with Crippen molar-refractivity contribution < 1.29 is 9.59 Å². The molecule has 2 aromatic carbocycles. The van der Waals surface area contributed by atoms with Crippen LogP contribution in [0.1, 0.15) is 26.3 Å². The summed E-state index contributed by atoms with van der Waals surface area (Å²) in [5.41, 5.74) is 3.83. The maximum atomic E-state index is 12.4. The highest BCUT2D eigenvalue weighted by molar-refractivity contribution is 6.12. The molecule has 0 unspecified atom stereocenters. The SMILES string of the molecule is O=C(NCc1cncnc1)c1ccc2c(c1)NC(=O)c1ccccc1N2. The molecule has 0 saturated carbocycles. The molecule has 1 aliphatic rings. The largest absolute Gasteiger partial charge is 0.353 e. The van der Waals surface area contributed by atoms with Crippen LogP contribution in [0.25, 0.3) is 0 Å². The number of fused-ring (bicyclic) bond motifs is 2. The van der Waals surface area contributed by atoms with Crippen LogP contribution < -0.4 is 16.0 Å². The second kappa shape index (κ2) is 6.64. The van der Waals surface area contributed by atoms with Crippen molar-refractivity contribution in [1.29, 1.82) is 0 Å². The zero-order valence-corrected chi connectivity index (χ0v) is 13.7. The first kappa shape index (κ1) is 15.8. The summed E-state index contributed by atoms with van der Waals surface area (Å²) >= 11 is 0. The number of hydrogen-bond donors (Lipinski definition) is 3. The van der Waals surface area contributed by atoms with Crippen LogP contribution >= 0.6 is 0 Å². The normalized spacial score (nSPS) is 12.1. The first-order chi connectivity index (χ1) is 12.7. The van der Waals surface area contributed by atoms with Crippen molar-refractivity contribution in [2.75, 3.05) is 10.6 Å². The van der Waals surface area contributed by atoms with Gasteiger partial charge in [-0.25, -0.2) is 9.97 Å². The molecule has 0 saturated heterocycles. The van der Waals surface area contributed by atoms with Crippen LogP contribution in [0.2, 0.25) is 0 Å². The smallest absolute Gasteiger partial charge is 0.257 e. The lowest BCUT2D eigenvalue weighted by molar-refractivity contribution is 0.0949. The molecule has 0 fully saturated rings. The van der Waals surface area contributed by atoms with Crippen LogP contribution in [-0.2, 0) is 6.54 Å². The van der Waals surface area contributed by atoms with Gasteiger partial charge in [-0.1, -0.05) is 12.1 Å². The molecule has 0 radical (unpaired) electrons. The fourth-order valence-corrected chi connectivity index (χ4v) is 2.73. The van der Waals surface area contributed by atoms with E-state index in [1.165, 1.54) is 6.33 Å². The Kier molecular flexibility index (Phi) is 4.03. The third-order valence-electron chi connectivity index (χ3n) is 4.04.